The number of nitrogens with one attached hydrogen (secondary N) is 1. The molecule has 0 saturated carbocycles. The van der Waals surface area contributed by atoms with Crippen molar-refractivity contribution in [2.45, 2.75) is 24.9 Å². The summed E-state index contributed by atoms with van der Waals surface area (Å²) in [6.45, 7) is 6.14. The number of pyridine rings is 1. The number of fused-ring (bicyclic) bond motifs is 4. The van der Waals surface area contributed by atoms with E-state index in [1.54, 1.807) is 7.11 Å². The van der Waals surface area contributed by atoms with Gasteiger partial charge in [0, 0.05) is 29.7 Å². The van der Waals surface area contributed by atoms with Gasteiger partial charge in [-0.1, -0.05) is 84.9 Å². The molecule has 6 heteroatoms. The lowest BCUT2D eigenvalue weighted by atomic mass is 9.73. The number of hydrogen-bond acceptors (Lipinski definition) is 4. The largest absolute Gasteiger partial charge is 0.497 e. The highest BCUT2D eigenvalue weighted by Gasteiger charge is 2.43. The Morgan fingerprint density at radius 1 is 0.978 bits per heavy atom. The summed E-state index contributed by atoms with van der Waals surface area (Å²) >= 11 is 0. The molecule has 4 heterocycles. The van der Waals surface area contributed by atoms with E-state index in [0.717, 1.165) is 52.6 Å². The van der Waals surface area contributed by atoms with E-state index in [9.17, 15) is 4.79 Å². The van der Waals surface area contributed by atoms with E-state index in [-0.39, 0.29) is 18.0 Å². The summed E-state index contributed by atoms with van der Waals surface area (Å²) in [7, 11) is 0.737. The summed E-state index contributed by atoms with van der Waals surface area (Å²) in [5, 5.41) is 8.10. The average molecular weight is 612 g/mol. The monoisotopic (exact) mass is 611 g/mol. The van der Waals surface area contributed by atoms with Crippen molar-refractivity contribution in [2.75, 3.05) is 20.2 Å². The van der Waals surface area contributed by atoms with Crippen molar-refractivity contribution < 1.29 is 9.53 Å². The van der Waals surface area contributed by atoms with E-state index in [1.807, 2.05) is 42.6 Å². The van der Waals surface area contributed by atoms with Crippen LogP contribution < -0.4 is 26.0 Å². The van der Waals surface area contributed by atoms with Gasteiger partial charge in [0.2, 0.25) is 0 Å². The van der Waals surface area contributed by atoms with Crippen LogP contribution in [0.15, 0.2) is 128 Å². The van der Waals surface area contributed by atoms with E-state index in [1.165, 1.54) is 17.0 Å². The molecule has 5 nitrogen and oxygen atoms in total. The van der Waals surface area contributed by atoms with E-state index < -0.39 is 7.92 Å². The van der Waals surface area contributed by atoms with Crippen LogP contribution >= 0.6 is 7.92 Å². The normalized spacial score (nSPS) is 21.4. The van der Waals surface area contributed by atoms with E-state index in [4.69, 9.17) is 4.74 Å². The van der Waals surface area contributed by atoms with Crippen LogP contribution in [0.2, 0.25) is 0 Å². The molecule has 5 aromatic rings. The Kier molecular flexibility index (Phi) is 8.47. The smallest absolute Gasteiger partial charge is 0.252 e. The summed E-state index contributed by atoms with van der Waals surface area (Å²) in [6.07, 6.45) is 6.17. The molecule has 226 valence electrons. The molecule has 1 amide bonds. The SMILES string of the molecule is C=C[C@H]1CN2CC[C@H]1C[C@@H]2[C@@H](NC(=O)c1ccccc1P(c1ccccc1)c1ccccc1)c1ccnc2ccc(OC)cc12. The van der Waals surface area contributed by atoms with Gasteiger partial charge in [0.1, 0.15) is 5.75 Å². The van der Waals surface area contributed by atoms with Crippen LogP contribution in [-0.2, 0) is 0 Å². The van der Waals surface area contributed by atoms with E-state index in [0.29, 0.717) is 11.8 Å². The highest BCUT2D eigenvalue weighted by atomic mass is 31.1. The second-order valence-electron chi connectivity index (χ2n) is 12.0. The van der Waals surface area contributed by atoms with Crippen molar-refractivity contribution in [1.29, 1.82) is 0 Å². The van der Waals surface area contributed by atoms with Gasteiger partial charge in [-0.05, 0) is 91.0 Å². The maximum atomic E-state index is 14.7. The van der Waals surface area contributed by atoms with Gasteiger partial charge >= 0.3 is 0 Å². The molecule has 0 spiro atoms. The highest BCUT2D eigenvalue weighted by Crippen LogP contribution is 2.43. The number of carbonyl (C=O) groups is 1. The Labute approximate surface area is 266 Å². The minimum atomic E-state index is -0.950. The van der Waals surface area contributed by atoms with E-state index >= 15 is 0 Å². The zero-order valence-electron chi connectivity index (χ0n) is 25.6. The molecule has 1 aromatic heterocycles. The molecule has 4 aromatic carbocycles. The summed E-state index contributed by atoms with van der Waals surface area (Å²) in [4.78, 5) is 21.9. The second-order valence-corrected chi connectivity index (χ2v) is 14.2. The molecule has 0 aliphatic carbocycles. The lowest BCUT2D eigenvalue weighted by molar-refractivity contribution is 0.00171. The molecule has 2 bridgehead atoms. The van der Waals surface area contributed by atoms with Crippen molar-refractivity contribution in [3.8, 4) is 5.75 Å². The van der Waals surface area contributed by atoms with Gasteiger partial charge in [0.25, 0.3) is 5.91 Å². The summed E-state index contributed by atoms with van der Waals surface area (Å²) < 4.78 is 5.62. The third kappa shape index (κ3) is 5.79. The molecule has 5 atom stereocenters. The van der Waals surface area contributed by atoms with Gasteiger partial charge in [0.15, 0.2) is 0 Å². The molecule has 3 aliphatic heterocycles. The van der Waals surface area contributed by atoms with Gasteiger partial charge < -0.3 is 10.1 Å². The first-order valence-electron chi connectivity index (χ1n) is 15.7. The lowest BCUT2D eigenvalue weighted by Gasteiger charge is -2.51. The first-order valence-corrected chi connectivity index (χ1v) is 17.1. The Bertz CT molecular complexity index is 1770. The Hall–Kier alpha value is -4.31. The zero-order chi connectivity index (χ0) is 30.8. The fraction of sp³-hybridized carbons (Fsp3) is 0.231. The van der Waals surface area contributed by atoms with Gasteiger partial charge in [-0.2, -0.15) is 0 Å². The summed E-state index contributed by atoms with van der Waals surface area (Å²) in [5.41, 5.74) is 2.69. The number of aromatic nitrogens is 1. The molecule has 3 saturated heterocycles. The summed E-state index contributed by atoms with van der Waals surface area (Å²) in [6, 6.07) is 37.3. The second kappa shape index (κ2) is 13.0. The van der Waals surface area contributed by atoms with Crippen LogP contribution in [0.25, 0.3) is 10.9 Å². The maximum absolute atomic E-state index is 14.7. The van der Waals surface area contributed by atoms with Crippen molar-refractivity contribution >= 4 is 40.6 Å². The fourth-order valence-corrected chi connectivity index (χ4v) is 9.76. The molecular formula is C39H38N3O2P. The number of piperidine rings is 3. The number of ether oxygens (including phenoxy) is 1. The van der Waals surface area contributed by atoms with Crippen LogP contribution in [0.5, 0.6) is 5.75 Å². The molecule has 1 unspecified atom stereocenters. The van der Waals surface area contributed by atoms with E-state index in [2.05, 4.69) is 101 Å². The number of hydrogen-bond donors (Lipinski definition) is 1. The number of carbonyl (C=O) groups excluding carboxylic acids is 1. The molecule has 3 aliphatic rings. The first-order chi connectivity index (χ1) is 22.1. The van der Waals surface area contributed by atoms with Crippen LogP contribution in [0.1, 0.15) is 34.8 Å². The number of amides is 1. The molecule has 1 N–H and O–H groups in total. The first kappa shape index (κ1) is 29.4. The van der Waals surface area contributed by atoms with Gasteiger partial charge in [-0.15, -0.1) is 6.58 Å². The molecule has 8 rings (SSSR count). The number of benzene rings is 4. The Morgan fingerprint density at radius 2 is 1.69 bits per heavy atom. The quantitative estimate of drug-likeness (QED) is 0.156. The topological polar surface area (TPSA) is 54.5 Å². The van der Waals surface area contributed by atoms with Crippen LogP contribution in [-0.4, -0.2) is 42.0 Å². The average Bonchev–Trinajstić information content (AvgIpc) is 3.11. The predicted molar refractivity (Wildman–Crippen MR) is 185 cm³/mol. The third-order valence-electron chi connectivity index (χ3n) is 9.56. The molecular weight excluding hydrogens is 573 g/mol. The van der Waals surface area contributed by atoms with Crippen molar-refractivity contribution in [1.82, 2.24) is 15.2 Å². The molecule has 3 fully saturated rings. The van der Waals surface area contributed by atoms with Crippen molar-refractivity contribution in [2.24, 2.45) is 11.8 Å². The van der Waals surface area contributed by atoms with Crippen LogP contribution in [0, 0.1) is 11.8 Å². The summed E-state index contributed by atoms with van der Waals surface area (Å²) in [5.74, 6) is 1.78. The number of rotatable bonds is 9. The van der Waals surface area contributed by atoms with Gasteiger partial charge in [-0.3, -0.25) is 14.7 Å². The molecule has 0 radical (unpaired) electrons. The number of methoxy groups -OCH3 is 1. The fourth-order valence-electron chi connectivity index (χ4n) is 7.31. The standard InChI is InChI=1S/C39H38N3O2P/c1-3-27-26-42-23-21-28(27)24-36(42)38(32-20-22-40-35-19-18-29(44-2)25-34(32)35)41-39(43)33-16-10-11-17-37(33)45(30-12-6-4-7-13-30)31-14-8-5-9-15-31/h3-20,22,25,27-28,36,38H,1,21,23-24,26H2,2H3,(H,41,43)/t27-,28-,36+,38-/m0/s1. The zero-order valence-corrected chi connectivity index (χ0v) is 26.4. The number of nitrogens with zero attached hydrogens (tertiary/aromatic N) is 2. The minimum Gasteiger partial charge on any atom is -0.497 e. The maximum Gasteiger partial charge on any atom is 0.252 e. The van der Waals surface area contributed by atoms with Crippen molar-refractivity contribution in [3.05, 3.63) is 139 Å². The van der Waals surface area contributed by atoms with Crippen LogP contribution in [0.3, 0.4) is 0 Å². The van der Waals surface area contributed by atoms with Crippen LogP contribution in [0.4, 0.5) is 0 Å². The van der Waals surface area contributed by atoms with Gasteiger partial charge in [0.05, 0.1) is 18.7 Å². The van der Waals surface area contributed by atoms with Gasteiger partial charge in [-0.25, -0.2) is 0 Å². The lowest BCUT2D eigenvalue weighted by Crippen LogP contribution is -2.57. The predicted octanol–water partition coefficient (Wildman–Crippen LogP) is 6.37. The minimum absolute atomic E-state index is 0.0502. The third-order valence-corrected chi connectivity index (χ3v) is 12.1. The molecule has 45 heavy (non-hydrogen) atoms. The highest BCUT2D eigenvalue weighted by molar-refractivity contribution is 7.80. The Balaban J connectivity index is 1.32. The van der Waals surface area contributed by atoms with Crippen molar-refractivity contribution in [3.63, 3.8) is 0 Å². The Morgan fingerprint density at radius 3 is 2.36 bits per heavy atom.